The predicted octanol–water partition coefficient (Wildman–Crippen LogP) is 4.82. The van der Waals surface area contributed by atoms with Crippen LogP contribution in [-0.2, 0) is 27.8 Å². The standard InChI is InChI=1S/C19H32O3SSi/c1-18(2,3)24(6,7)22-13-15-8-14(12-20)9-16(10-15)19(4,5)11-17(21)23/h8-10,20H,11-13H2,1-7H3,(H,21,23). The molecule has 5 heteroatoms. The molecular weight excluding hydrogens is 336 g/mol. The summed E-state index contributed by atoms with van der Waals surface area (Å²) in [5.74, 6) is 0. The van der Waals surface area contributed by atoms with E-state index in [2.05, 4.69) is 52.6 Å². The minimum atomic E-state index is -1.83. The van der Waals surface area contributed by atoms with E-state index in [4.69, 9.17) is 4.43 Å². The molecule has 0 radical (unpaired) electrons. The Morgan fingerprint density at radius 3 is 2.12 bits per heavy atom. The number of aliphatic hydroxyl groups excluding tert-OH is 1. The molecule has 0 bridgehead atoms. The van der Waals surface area contributed by atoms with Crippen LogP contribution in [0.4, 0.5) is 0 Å². The first kappa shape index (κ1) is 21.4. The highest BCUT2D eigenvalue weighted by Gasteiger charge is 2.37. The van der Waals surface area contributed by atoms with Crippen molar-refractivity contribution in [1.29, 1.82) is 0 Å². The Bertz CT molecular complexity index is 589. The van der Waals surface area contributed by atoms with Gasteiger partial charge in [-0.3, -0.25) is 4.79 Å². The van der Waals surface area contributed by atoms with E-state index < -0.39 is 8.32 Å². The fourth-order valence-electron chi connectivity index (χ4n) is 2.29. The molecule has 0 aliphatic rings. The third-order valence-electron chi connectivity index (χ3n) is 5.02. The Hall–Kier alpha value is -0.623. The van der Waals surface area contributed by atoms with Crippen LogP contribution >= 0.6 is 12.6 Å². The third kappa shape index (κ3) is 5.72. The molecule has 136 valence electrons. The zero-order chi connectivity index (χ0) is 18.8. The topological polar surface area (TPSA) is 46.5 Å². The van der Waals surface area contributed by atoms with Crippen molar-refractivity contribution < 1.29 is 14.3 Å². The molecule has 0 aromatic heterocycles. The molecule has 0 fully saturated rings. The van der Waals surface area contributed by atoms with E-state index in [9.17, 15) is 9.90 Å². The van der Waals surface area contributed by atoms with Crippen LogP contribution in [0.25, 0.3) is 0 Å². The number of aliphatic hydroxyl groups is 1. The summed E-state index contributed by atoms with van der Waals surface area (Å²) in [5.41, 5.74) is 2.60. The maximum atomic E-state index is 11.4. The van der Waals surface area contributed by atoms with Crippen molar-refractivity contribution in [3.63, 3.8) is 0 Å². The van der Waals surface area contributed by atoms with E-state index in [0.29, 0.717) is 13.0 Å². The second-order valence-electron chi connectivity index (χ2n) is 8.70. The molecule has 0 aliphatic heterocycles. The van der Waals surface area contributed by atoms with Crippen LogP contribution in [0.2, 0.25) is 18.1 Å². The van der Waals surface area contributed by atoms with Crippen molar-refractivity contribution in [2.45, 2.75) is 77.8 Å². The molecule has 0 amide bonds. The van der Waals surface area contributed by atoms with Crippen LogP contribution in [0.15, 0.2) is 18.2 Å². The van der Waals surface area contributed by atoms with Crippen LogP contribution in [-0.4, -0.2) is 18.5 Å². The van der Waals surface area contributed by atoms with E-state index in [0.717, 1.165) is 16.7 Å². The smallest absolute Gasteiger partial charge is 0.192 e. The van der Waals surface area contributed by atoms with Crippen LogP contribution in [0, 0.1) is 0 Å². The Kier molecular flexibility index (Phi) is 6.90. The predicted molar refractivity (Wildman–Crippen MR) is 106 cm³/mol. The Morgan fingerprint density at radius 2 is 1.67 bits per heavy atom. The van der Waals surface area contributed by atoms with Crippen molar-refractivity contribution in [3.05, 3.63) is 34.9 Å². The van der Waals surface area contributed by atoms with Crippen LogP contribution in [0.5, 0.6) is 0 Å². The second-order valence-corrected chi connectivity index (χ2v) is 14.0. The first-order valence-electron chi connectivity index (χ1n) is 8.38. The minimum Gasteiger partial charge on any atom is -0.413 e. The third-order valence-corrected chi connectivity index (χ3v) is 9.65. The summed E-state index contributed by atoms with van der Waals surface area (Å²) in [6, 6.07) is 6.03. The summed E-state index contributed by atoms with van der Waals surface area (Å²) >= 11 is 3.92. The van der Waals surface area contributed by atoms with Crippen molar-refractivity contribution in [3.8, 4) is 0 Å². The Morgan fingerprint density at radius 1 is 1.12 bits per heavy atom. The van der Waals surface area contributed by atoms with Gasteiger partial charge in [-0.25, -0.2) is 0 Å². The average molecular weight is 369 g/mol. The van der Waals surface area contributed by atoms with Gasteiger partial charge in [0, 0.05) is 6.42 Å². The molecule has 1 N–H and O–H groups in total. The van der Waals surface area contributed by atoms with Crippen LogP contribution in [0.3, 0.4) is 0 Å². The number of carbonyl (C=O) groups is 1. The van der Waals surface area contributed by atoms with Gasteiger partial charge in [0.05, 0.1) is 13.2 Å². The lowest BCUT2D eigenvalue weighted by Crippen LogP contribution is -2.40. The Labute approximate surface area is 153 Å². The summed E-state index contributed by atoms with van der Waals surface area (Å²) < 4.78 is 6.30. The zero-order valence-corrected chi connectivity index (χ0v) is 18.0. The van der Waals surface area contributed by atoms with E-state index in [1.807, 2.05) is 26.0 Å². The maximum absolute atomic E-state index is 11.4. The molecule has 0 unspecified atom stereocenters. The number of rotatable bonds is 7. The highest BCUT2D eigenvalue weighted by atomic mass is 32.1. The molecule has 0 heterocycles. The van der Waals surface area contributed by atoms with E-state index in [1.165, 1.54) is 0 Å². The number of carbonyl (C=O) groups excluding carboxylic acids is 1. The number of thiol groups is 1. The van der Waals surface area contributed by atoms with Gasteiger partial charge in [-0.05, 0) is 40.2 Å². The van der Waals surface area contributed by atoms with Gasteiger partial charge in [0.25, 0.3) is 0 Å². The maximum Gasteiger partial charge on any atom is 0.192 e. The van der Waals surface area contributed by atoms with Gasteiger partial charge in [0.2, 0.25) is 0 Å². The van der Waals surface area contributed by atoms with Crippen molar-refractivity contribution in [1.82, 2.24) is 0 Å². The normalized spacial score (nSPS) is 13.2. The van der Waals surface area contributed by atoms with Crippen molar-refractivity contribution in [2.24, 2.45) is 0 Å². The van der Waals surface area contributed by atoms with E-state index in [-0.39, 0.29) is 22.2 Å². The quantitative estimate of drug-likeness (QED) is 0.535. The SMILES string of the molecule is CC(C)(CC(=O)S)c1cc(CO)cc(CO[Si](C)(C)C(C)(C)C)c1. The minimum absolute atomic E-state index is 0.0220. The van der Waals surface area contributed by atoms with Gasteiger partial charge in [-0.1, -0.05) is 52.8 Å². The first-order chi connectivity index (χ1) is 10.8. The summed E-state index contributed by atoms with van der Waals surface area (Å²) in [4.78, 5) is 11.4. The number of hydrogen-bond donors (Lipinski definition) is 2. The molecule has 0 aliphatic carbocycles. The van der Waals surface area contributed by atoms with Gasteiger partial charge in [-0.2, -0.15) is 0 Å². The summed E-state index contributed by atoms with van der Waals surface area (Å²) in [6.45, 7) is 15.7. The fraction of sp³-hybridized carbons (Fsp3) is 0.632. The summed E-state index contributed by atoms with van der Waals surface area (Å²) in [5, 5.41) is 9.60. The lowest BCUT2D eigenvalue weighted by molar-refractivity contribution is -0.111. The molecule has 0 saturated heterocycles. The summed E-state index contributed by atoms with van der Waals surface area (Å²) in [7, 11) is -1.83. The van der Waals surface area contributed by atoms with Crippen LogP contribution < -0.4 is 0 Å². The highest BCUT2D eigenvalue weighted by molar-refractivity contribution is 7.96. The highest BCUT2D eigenvalue weighted by Crippen LogP contribution is 2.37. The zero-order valence-electron chi connectivity index (χ0n) is 16.1. The molecular formula is C19H32O3SSi. The molecule has 0 saturated carbocycles. The Balaban J connectivity index is 3.09. The van der Waals surface area contributed by atoms with Crippen molar-refractivity contribution in [2.75, 3.05) is 0 Å². The van der Waals surface area contributed by atoms with Crippen molar-refractivity contribution >= 4 is 26.1 Å². The second kappa shape index (κ2) is 7.73. The molecule has 3 nitrogen and oxygen atoms in total. The van der Waals surface area contributed by atoms with Crippen LogP contribution in [0.1, 0.15) is 57.7 Å². The molecule has 1 aromatic carbocycles. The number of hydrogen-bond acceptors (Lipinski definition) is 3. The molecule has 1 aromatic rings. The molecule has 0 atom stereocenters. The molecule has 0 spiro atoms. The molecule has 24 heavy (non-hydrogen) atoms. The van der Waals surface area contributed by atoms with Gasteiger partial charge in [0.1, 0.15) is 0 Å². The van der Waals surface area contributed by atoms with Gasteiger partial charge in [0.15, 0.2) is 13.4 Å². The molecule has 1 rings (SSSR count). The van der Waals surface area contributed by atoms with Gasteiger partial charge < -0.3 is 9.53 Å². The largest absolute Gasteiger partial charge is 0.413 e. The fourth-order valence-corrected chi connectivity index (χ4v) is 3.64. The average Bonchev–Trinajstić information content (AvgIpc) is 2.42. The monoisotopic (exact) mass is 368 g/mol. The summed E-state index contributed by atoms with van der Waals surface area (Å²) in [6.07, 6.45) is 0.355. The number of benzene rings is 1. The van der Waals surface area contributed by atoms with E-state index in [1.54, 1.807) is 0 Å². The first-order valence-corrected chi connectivity index (χ1v) is 11.7. The van der Waals surface area contributed by atoms with E-state index >= 15 is 0 Å². The lowest BCUT2D eigenvalue weighted by atomic mass is 9.80. The van der Waals surface area contributed by atoms with Gasteiger partial charge >= 0.3 is 0 Å². The lowest BCUT2D eigenvalue weighted by Gasteiger charge is -2.36. The van der Waals surface area contributed by atoms with Gasteiger partial charge in [-0.15, -0.1) is 12.6 Å².